The number of aryl methyl sites for hydroxylation is 1. The molecule has 0 unspecified atom stereocenters. The minimum atomic E-state index is -0.558. The number of hydrogen-bond donors (Lipinski definition) is 1. The summed E-state index contributed by atoms with van der Waals surface area (Å²) < 4.78 is 15.5. The largest absolute Gasteiger partial charge is 0.319 e. The van der Waals surface area contributed by atoms with Gasteiger partial charge < -0.3 is 5.32 Å². The molecule has 0 aliphatic carbocycles. The molecule has 7 heteroatoms. The second kappa shape index (κ2) is 7.25. The van der Waals surface area contributed by atoms with Crippen LogP contribution < -0.4 is 5.32 Å². The van der Waals surface area contributed by atoms with Gasteiger partial charge in [-0.3, -0.25) is 9.48 Å². The van der Waals surface area contributed by atoms with Crippen LogP contribution in [-0.2, 0) is 6.54 Å². The van der Waals surface area contributed by atoms with E-state index in [2.05, 4.69) is 10.4 Å². The first-order valence-electron chi connectivity index (χ1n) is 7.47. The van der Waals surface area contributed by atoms with Crippen LogP contribution in [0.5, 0.6) is 0 Å². The second-order valence-corrected chi connectivity index (χ2v) is 6.39. The Balaban J connectivity index is 1.74. The van der Waals surface area contributed by atoms with E-state index in [0.29, 0.717) is 27.8 Å². The van der Waals surface area contributed by atoms with Gasteiger partial charge in [-0.15, -0.1) is 0 Å². The number of benzene rings is 2. The molecule has 0 fully saturated rings. The van der Waals surface area contributed by atoms with Crippen molar-refractivity contribution in [3.05, 3.63) is 81.3 Å². The summed E-state index contributed by atoms with van der Waals surface area (Å²) in [5, 5.41) is 7.93. The molecule has 2 aromatic carbocycles. The van der Waals surface area contributed by atoms with E-state index in [1.54, 1.807) is 42.1 Å². The molecule has 1 heterocycles. The number of carbonyl (C=O) groups excluding carboxylic acids is 1. The average molecular weight is 378 g/mol. The summed E-state index contributed by atoms with van der Waals surface area (Å²) in [5.74, 6) is -1.07. The Hall–Kier alpha value is -2.37. The van der Waals surface area contributed by atoms with Crippen LogP contribution in [0.1, 0.15) is 21.5 Å². The maximum absolute atomic E-state index is 13.9. The highest BCUT2D eigenvalue weighted by atomic mass is 35.5. The van der Waals surface area contributed by atoms with Crippen LogP contribution in [0.2, 0.25) is 10.0 Å². The smallest absolute Gasteiger partial charge is 0.258 e. The van der Waals surface area contributed by atoms with Gasteiger partial charge in [0.2, 0.25) is 0 Å². The third kappa shape index (κ3) is 4.00. The van der Waals surface area contributed by atoms with Crippen LogP contribution in [0, 0.1) is 12.7 Å². The summed E-state index contributed by atoms with van der Waals surface area (Å²) >= 11 is 12.0. The van der Waals surface area contributed by atoms with Gasteiger partial charge in [0.05, 0.1) is 24.0 Å². The van der Waals surface area contributed by atoms with Crippen LogP contribution in [0.15, 0.2) is 48.8 Å². The number of rotatable bonds is 4. The predicted octanol–water partition coefficient (Wildman–Crippen LogP) is 4.94. The zero-order valence-corrected chi connectivity index (χ0v) is 14.8. The molecule has 0 aliphatic rings. The fourth-order valence-corrected chi connectivity index (χ4v) is 2.92. The van der Waals surface area contributed by atoms with Crippen LogP contribution >= 0.6 is 23.2 Å². The van der Waals surface area contributed by atoms with E-state index < -0.39 is 11.7 Å². The van der Waals surface area contributed by atoms with Gasteiger partial charge >= 0.3 is 0 Å². The van der Waals surface area contributed by atoms with E-state index in [4.69, 9.17) is 23.2 Å². The Morgan fingerprint density at radius 1 is 1.28 bits per heavy atom. The molecule has 1 aromatic heterocycles. The van der Waals surface area contributed by atoms with E-state index in [1.165, 1.54) is 12.3 Å². The lowest BCUT2D eigenvalue weighted by molar-refractivity contribution is 0.102. The third-order valence-electron chi connectivity index (χ3n) is 3.69. The van der Waals surface area contributed by atoms with Gasteiger partial charge in [0, 0.05) is 16.2 Å². The van der Waals surface area contributed by atoms with E-state index in [9.17, 15) is 9.18 Å². The van der Waals surface area contributed by atoms with Crippen molar-refractivity contribution < 1.29 is 9.18 Å². The number of halogens is 3. The topological polar surface area (TPSA) is 46.9 Å². The molecule has 0 saturated carbocycles. The molecular formula is C18H14Cl2FN3O. The number of aromatic nitrogens is 2. The third-order valence-corrected chi connectivity index (χ3v) is 4.27. The quantitative estimate of drug-likeness (QED) is 0.699. The van der Waals surface area contributed by atoms with Crippen LogP contribution in [0.25, 0.3) is 0 Å². The molecule has 3 rings (SSSR count). The van der Waals surface area contributed by atoms with Crippen LogP contribution in [0.3, 0.4) is 0 Å². The molecular weight excluding hydrogens is 364 g/mol. The molecule has 25 heavy (non-hydrogen) atoms. The van der Waals surface area contributed by atoms with Crippen molar-refractivity contribution >= 4 is 34.8 Å². The highest BCUT2D eigenvalue weighted by Gasteiger charge is 2.15. The maximum Gasteiger partial charge on any atom is 0.258 e. The zero-order valence-electron chi connectivity index (χ0n) is 13.3. The Labute approximate surface area is 154 Å². The molecule has 0 spiro atoms. The van der Waals surface area contributed by atoms with E-state index >= 15 is 0 Å². The number of hydrogen-bond acceptors (Lipinski definition) is 2. The van der Waals surface area contributed by atoms with Gasteiger partial charge in [-0.2, -0.15) is 5.10 Å². The van der Waals surface area contributed by atoms with Crippen molar-refractivity contribution in [3.8, 4) is 0 Å². The van der Waals surface area contributed by atoms with Crippen molar-refractivity contribution in [1.82, 2.24) is 9.78 Å². The molecule has 0 aliphatic heterocycles. The summed E-state index contributed by atoms with van der Waals surface area (Å²) in [7, 11) is 0. The first-order valence-corrected chi connectivity index (χ1v) is 8.22. The zero-order chi connectivity index (χ0) is 18.0. The lowest BCUT2D eigenvalue weighted by Crippen LogP contribution is -2.15. The van der Waals surface area contributed by atoms with E-state index in [0.717, 1.165) is 5.56 Å². The Kier molecular flexibility index (Phi) is 5.06. The van der Waals surface area contributed by atoms with Gasteiger partial charge in [-0.1, -0.05) is 41.4 Å². The van der Waals surface area contributed by atoms with Crippen LogP contribution in [-0.4, -0.2) is 15.7 Å². The van der Waals surface area contributed by atoms with Crippen molar-refractivity contribution in [2.45, 2.75) is 13.5 Å². The van der Waals surface area contributed by atoms with Crippen molar-refractivity contribution in [2.24, 2.45) is 0 Å². The molecule has 0 atom stereocenters. The monoisotopic (exact) mass is 377 g/mol. The fraction of sp³-hybridized carbons (Fsp3) is 0.111. The van der Waals surface area contributed by atoms with Crippen molar-refractivity contribution in [2.75, 3.05) is 5.32 Å². The normalized spacial score (nSPS) is 10.7. The number of nitrogens with zero attached hydrogens (tertiary/aromatic N) is 2. The first-order chi connectivity index (χ1) is 11.9. The number of nitrogens with one attached hydrogen (secondary N) is 1. The number of carbonyl (C=O) groups is 1. The Bertz CT molecular complexity index is 920. The second-order valence-electron chi connectivity index (χ2n) is 5.55. The lowest BCUT2D eigenvalue weighted by Gasteiger charge is -2.07. The molecule has 0 radical (unpaired) electrons. The summed E-state index contributed by atoms with van der Waals surface area (Å²) in [4.78, 5) is 12.3. The minimum absolute atomic E-state index is 0.0241. The first kappa shape index (κ1) is 17.5. The van der Waals surface area contributed by atoms with Gasteiger partial charge in [0.25, 0.3) is 5.91 Å². The van der Waals surface area contributed by atoms with Gasteiger partial charge in [-0.25, -0.2) is 4.39 Å². The average Bonchev–Trinajstić information content (AvgIpc) is 2.97. The molecule has 1 amide bonds. The number of amides is 1. The minimum Gasteiger partial charge on any atom is -0.319 e. The predicted molar refractivity (Wildman–Crippen MR) is 96.9 cm³/mol. The molecule has 0 saturated heterocycles. The number of anilines is 1. The molecule has 4 nitrogen and oxygen atoms in total. The molecule has 128 valence electrons. The Morgan fingerprint density at radius 3 is 2.80 bits per heavy atom. The molecule has 3 aromatic rings. The Morgan fingerprint density at radius 2 is 2.08 bits per heavy atom. The maximum atomic E-state index is 13.9. The SMILES string of the molecule is Cc1cccc(F)c1C(=O)Nc1cnn(Cc2ccc(Cl)cc2Cl)c1. The van der Waals surface area contributed by atoms with Crippen molar-refractivity contribution in [3.63, 3.8) is 0 Å². The van der Waals surface area contributed by atoms with Gasteiger partial charge in [-0.05, 0) is 36.2 Å². The van der Waals surface area contributed by atoms with Crippen LogP contribution in [0.4, 0.5) is 10.1 Å². The highest BCUT2D eigenvalue weighted by Crippen LogP contribution is 2.22. The fourth-order valence-electron chi connectivity index (χ4n) is 2.45. The standard InChI is InChI=1S/C18H14Cl2FN3O/c1-11-3-2-4-16(21)17(11)18(25)23-14-8-22-24(10-14)9-12-5-6-13(19)7-15(12)20/h2-8,10H,9H2,1H3,(H,23,25). The highest BCUT2D eigenvalue weighted by molar-refractivity contribution is 6.35. The summed E-state index contributed by atoms with van der Waals surface area (Å²) in [6.45, 7) is 2.11. The lowest BCUT2D eigenvalue weighted by atomic mass is 10.1. The molecule has 0 bridgehead atoms. The molecule has 1 N–H and O–H groups in total. The van der Waals surface area contributed by atoms with E-state index in [-0.39, 0.29) is 5.56 Å². The summed E-state index contributed by atoms with van der Waals surface area (Å²) in [5.41, 5.74) is 1.91. The van der Waals surface area contributed by atoms with E-state index in [1.807, 2.05) is 6.07 Å². The summed E-state index contributed by atoms with van der Waals surface area (Å²) in [6, 6.07) is 9.72. The van der Waals surface area contributed by atoms with Gasteiger partial charge in [0.1, 0.15) is 5.82 Å². The van der Waals surface area contributed by atoms with Crippen molar-refractivity contribution in [1.29, 1.82) is 0 Å². The van der Waals surface area contributed by atoms with Gasteiger partial charge in [0.15, 0.2) is 0 Å². The summed E-state index contributed by atoms with van der Waals surface area (Å²) in [6.07, 6.45) is 3.15.